The molecule has 0 atom stereocenters. The number of Topliss-reactive ketones (excluding diaryl/α,β-unsaturated/α-hetero) is 1. The van der Waals surface area contributed by atoms with Crippen LogP contribution in [-0.2, 0) is 11.4 Å². The molecule has 126 valence electrons. The SMILES string of the molecule is CC.CNCC(C)=O.Cc1ccc(OCc2ccccc2)cc1. The molecular formula is C20H29NO2. The van der Waals surface area contributed by atoms with Crippen molar-refractivity contribution in [2.24, 2.45) is 0 Å². The normalized spacial score (nSPS) is 8.91. The lowest BCUT2D eigenvalue weighted by molar-refractivity contribution is -0.116. The van der Waals surface area contributed by atoms with Gasteiger partial charge in [0, 0.05) is 0 Å². The van der Waals surface area contributed by atoms with Gasteiger partial charge < -0.3 is 10.1 Å². The standard InChI is InChI=1S/C14H14O.C4H9NO.C2H6/c1-12-7-9-14(10-8-12)15-11-13-5-3-2-4-6-13;1-4(6)3-5-2;1-2/h2-10H,11H2,1H3;5H,3H2,1-2H3;1-2H3. The van der Waals surface area contributed by atoms with Crippen molar-refractivity contribution in [2.75, 3.05) is 13.6 Å². The second-order valence-electron chi connectivity index (χ2n) is 4.82. The first-order valence-electron chi connectivity index (χ1n) is 7.99. The Hall–Kier alpha value is -2.13. The average Bonchev–Trinajstić information content (AvgIpc) is 2.58. The number of rotatable bonds is 5. The van der Waals surface area contributed by atoms with Gasteiger partial charge in [0.25, 0.3) is 0 Å². The van der Waals surface area contributed by atoms with Crippen molar-refractivity contribution < 1.29 is 9.53 Å². The Kier molecular flexibility index (Phi) is 12.3. The zero-order valence-electron chi connectivity index (χ0n) is 14.9. The van der Waals surface area contributed by atoms with Gasteiger partial charge >= 0.3 is 0 Å². The van der Waals surface area contributed by atoms with E-state index in [4.69, 9.17) is 4.74 Å². The van der Waals surface area contributed by atoms with E-state index < -0.39 is 0 Å². The predicted octanol–water partition coefficient (Wildman–Crippen LogP) is 4.40. The minimum Gasteiger partial charge on any atom is -0.489 e. The summed E-state index contributed by atoms with van der Waals surface area (Å²) in [6.45, 7) is 8.74. The Balaban J connectivity index is 0.000000515. The van der Waals surface area contributed by atoms with Gasteiger partial charge in [0.05, 0.1) is 6.54 Å². The van der Waals surface area contributed by atoms with Crippen molar-refractivity contribution in [3.8, 4) is 5.75 Å². The number of hydrogen-bond donors (Lipinski definition) is 1. The Bertz CT molecular complexity index is 521. The molecule has 0 radical (unpaired) electrons. The summed E-state index contributed by atoms with van der Waals surface area (Å²) in [4.78, 5) is 9.98. The first-order chi connectivity index (χ1) is 11.1. The van der Waals surface area contributed by atoms with Crippen molar-refractivity contribution in [1.29, 1.82) is 0 Å². The first kappa shape index (κ1) is 20.9. The van der Waals surface area contributed by atoms with Crippen LogP contribution >= 0.6 is 0 Å². The van der Waals surface area contributed by atoms with Crippen LogP contribution in [-0.4, -0.2) is 19.4 Å². The number of ketones is 1. The van der Waals surface area contributed by atoms with Crippen LogP contribution in [0.2, 0.25) is 0 Å². The van der Waals surface area contributed by atoms with Crippen molar-refractivity contribution in [1.82, 2.24) is 5.32 Å². The number of nitrogens with one attached hydrogen (secondary N) is 1. The zero-order chi connectivity index (χ0) is 17.5. The maximum Gasteiger partial charge on any atom is 0.143 e. The molecule has 23 heavy (non-hydrogen) atoms. The van der Waals surface area contributed by atoms with Crippen LogP contribution in [0, 0.1) is 6.92 Å². The fourth-order valence-corrected chi connectivity index (χ4v) is 1.62. The summed E-state index contributed by atoms with van der Waals surface area (Å²) in [5.41, 5.74) is 2.44. The molecule has 0 heterocycles. The van der Waals surface area contributed by atoms with Crippen molar-refractivity contribution in [3.63, 3.8) is 0 Å². The van der Waals surface area contributed by atoms with Gasteiger partial charge in [-0.15, -0.1) is 0 Å². The fourth-order valence-electron chi connectivity index (χ4n) is 1.62. The number of benzene rings is 2. The van der Waals surface area contributed by atoms with Crippen LogP contribution < -0.4 is 10.1 Å². The highest BCUT2D eigenvalue weighted by Crippen LogP contribution is 2.13. The van der Waals surface area contributed by atoms with Gasteiger partial charge in [0.15, 0.2) is 0 Å². The van der Waals surface area contributed by atoms with E-state index in [0.717, 1.165) is 5.75 Å². The summed E-state index contributed by atoms with van der Waals surface area (Å²) in [6, 6.07) is 18.3. The highest BCUT2D eigenvalue weighted by Gasteiger charge is 1.94. The second kappa shape index (κ2) is 13.5. The zero-order valence-corrected chi connectivity index (χ0v) is 14.9. The molecule has 2 aromatic carbocycles. The molecule has 0 aliphatic rings. The maximum atomic E-state index is 9.98. The van der Waals surface area contributed by atoms with Crippen LogP contribution in [0.3, 0.4) is 0 Å². The van der Waals surface area contributed by atoms with E-state index in [1.54, 1.807) is 14.0 Å². The van der Waals surface area contributed by atoms with Gasteiger partial charge in [0.1, 0.15) is 18.1 Å². The molecule has 0 amide bonds. The number of hydrogen-bond acceptors (Lipinski definition) is 3. The van der Waals surface area contributed by atoms with Crippen LogP contribution in [0.5, 0.6) is 5.75 Å². The van der Waals surface area contributed by atoms with Gasteiger partial charge in [-0.25, -0.2) is 0 Å². The van der Waals surface area contributed by atoms with Crippen LogP contribution in [0.4, 0.5) is 0 Å². The molecule has 1 N–H and O–H groups in total. The Labute approximate surface area is 140 Å². The van der Waals surface area contributed by atoms with Crippen LogP contribution in [0.15, 0.2) is 54.6 Å². The molecule has 3 heteroatoms. The van der Waals surface area contributed by atoms with E-state index in [9.17, 15) is 4.79 Å². The van der Waals surface area contributed by atoms with E-state index in [2.05, 4.69) is 36.5 Å². The van der Waals surface area contributed by atoms with Gasteiger partial charge in [-0.2, -0.15) is 0 Å². The van der Waals surface area contributed by atoms with Gasteiger partial charge in [-0.1, -0.05) is 61.9 Å². The third-order valence-electron chi connectivity index (χ3n) is 2.70. The minimum atomic E-state index is 0.178. The summed E-state index contributed by atoms with van der Waals surface area (Å²) in [5.74, 6) is 1.10. The van der Waals surface area contributed by atoms with Crippen molar-refractivity contribution in [3.05, 3.63) is 65.7 Å². The average molecular weight is 315 g/mol. The maximum absolute atomic E-state index is 9.98. The van der Waals surface area contributed by atoms with Crippen molar-refractivity contribution >= 4 is 5.78 Å². The highest BCUT2D eigenvalue weighted by molar-refractivity contribution is 5.77. The molecule has 0 unspecified atom stereocenters. The molecule has 0 fully saturated rings. The molecule has 0 saturated heterocycles. The van der Waals surface area contributed by atoms with E-state index in [0.29, 0.717) is 13.2 Å². The quantitative estimate of drug-likeness (QED) is 0.889. The van der Waals surface area contributed by atoms with Gasteiger partial charge in [-0.05, 0) is 38.6 Å². The molecule has 0 spiro atoms. The highest BCUT2D eigenvalue weighted by atomic mass is 16.5. The molecule has 2 rings (SSSR count). The van der Waals surface area contributed by atoms with Gasteiger partial charge in [-0.3, -0.25) is 4.79 Å². The number of ether oxygens (including phenoxy) is 1. The lowest BCUT2D eigenvalue weighted by Gasteiger charge is -2.06. The van der Waals surface area contributed by atoms with Crippen LogP contribution in [0.25, 0.3) is 0 Å². The summed E-state index contributed by atoms with van der Waals surface area (Å²) >= 11 is 0. The van der Waals surface area contributed by atoms with E-state index in [1.807, 2.05) is 44.2 Å². The topological polar surface area (TPSA) is 38.3 Å². The molecule has 0 aliphatic heterocycles. The van der Waals surface area contributed by atoms with Crippen molar-refractivity contribution in [2.45, 2.75) is 34.3 Å². The molecule has 0 saturated carbocycles. The monoisotopic (exact) mass is 315 g/mol. The molecule has 3 nitrogen and oxygen atoms in total. The second-order valence-corrected chi connectivity index (χ2v) is 4.82. The first-order valence-corrected chi connectivity index (χ1v) is 7.99. The molecule has 0 bridgehead atoms. The number of carbonyl (C=O) groups is 1. The van der Waals surface area contributed by atoms with E-state index in [1.165, 1.54) is 11.1 Å². The fraction of sp³-hybridized carbons (Fsp3) is 0.350. The van der Waals surface area contributed by atoms with Gasteiger partial charge in [0.2, 0.25) is 0 Å². The van der Waals surface area contributed by atoms with Crippen LogP contribution in [0.1, 0.15) is 31.9 Å². The number of likely N-dealkylation sites (N-methyl/N-ethyl adjacent to an activating group) is 1. The number of carbonyl (C=O) groups excluding carboxylic acids is 1. The summed E-state index contributed by atoms with van der Waals surface area (Å²) < 4.78 is 5.65. The molecule has 0 aromatic heterocycles. The predicted molar refractivity (Wildman–Crippen MR) is 97.9 cm³/mol. The summed E-state index contributed by atoms with van der Waals surface area (Å²) in [6.07, 6.45) is 0. The summed E-state index contributed by atoms with van der Waals surface area (Å²) in [7, 11) is 1.75. The third kappa shape index (κ3) is 11.1. The Morgan fingerprint density at radius 1 is 1.00 bits per heavy atom. The molecule has 0 aliphatic carbocycles. The van der Waals surface area contributed by atoms with E-state index >= 15 is 0 Å². The summed E-state index contributed by atoms with van der Waals surface area (Å²) in [5, 5.41) is 2.72. The lowest BCUT2D eigenvalue weighted by atomic mass is 10.2. The third-order valence-corrected chi connectivity index (χ3v) is 2.70. The smallest absolute Gasteiger partial charge is 0.143 e. The van der Waals surface area contributed by atoms with E-state index in [-0.39, 0.29) is 5.78 Å². The Morgan fingerprint density at radius 2 is 1.57 bits per heavy atom. The number of aryl methyl sites for hydroxylation is 1. The largest absolute Gasteiger partial charge is 0.489 e. The minimum absolute atomic E-state index is 0.178. The molecule has 2 aromatic rings. The molecular weight excluding hydrogens is 286 g/mol. The Morgan fingerprint density at radius 3 is 2.00 bits per heavy atom. The lowest BCUT2D eigenvalue weighted by Crippen LogP contribution is -2.14.